The Balaban J connectivity index is 1.95. The largest absolute Gasteiger partial charge is 0.496 e. The standard InChI is InChI=1S/C35H57N8O14P/c1-21(2)14-25-32(47)39-26(15-23-17-37-20-38-23)33(48)41-27(19-44)34(49)42-30(31(36)46)22(3)57-58(51,52)56-10-7-5-6-9-55-24-16-28(35(50)40-25)43(18-24)29(45)8-11-54-13-12-53-4/h6,9,17,20-22,24-28,30,44H,5,7-8,10-16,18-19H2,1-4H3,(H2,36,46)(H,37,38)(H,39,47)(H,40,50)(H,41,48)(H,42,49)(H,51,52)/b9-6-/t22-,24-,25+,26+,27+,28+,30+/m1/s1. The second-order valence-corrected chi connectivity index (χ2v) is 15.6. The van der Waals surface area contributed by atoms with E-state index in [4.69, 9.17) is 29.0 Å². The van der Waals surface area contributed by atoms with Crippen LogP contribution in [0.4, 0.5) is 0 Å². The highest BCUT2D eigenvalue weighted by molar-refractivity contribution is 7.47. The number of primary amides is 1. The number of phosphoric ester groups is 1. The number of nitrogens with two attached hydrogens (primary N) is 1. The number of aromatic amines is 1. The molecule has 0 saturated carbocycles. The summed E-state index contributed by atoms with van der Waals surface area (Å²) in [6.07, 6.45) is 4.17. The summed E-state index contributed by atoms with van der Waals surface area (Å²) < 4.78 is 39.1. The van der Waals surface area contributed by atoms with E-state index in [1.54, 1.807) is 6.08 Å². The van der Waals surface area contributed by atoms with Crippen LogP contribution in [-0.4, -0.2) is 149 Å². The number of phosphoric acid groups is 1. The van der Waals surface area contributed by atoms with Crippen molar-refractivity contribution in [3.63, 3.8) is 0 Å². The normalized spacial score (nSPS) is 29.2. The first-order chi connectivity index (χ1) is 27.5. The molecule has 6 amide bonds. The molecule has 58 heavy (non-hydrogen) atoms. The minimum Gasteiger partial charge on any atom is -0.496 e. The lowest BCUT2D eigenvalue weighted by Crippen LogP contribution is -2.61. The lowest BCUT2D eigenvalue weighted by molar-refractivity contribution is -0.140. The zero-order valence-corrected chi connectivity index (χ0v) is 34.0. The van der Waals surface area contributed by atoms with Gasteiger partial charge in [0.2, 0.25) is 35.4 Å². The number of hydrogen-bond acceptors (Lipinski definition) is 14. The Morgan fingerprint density at radius 2 is 1.72 bits per heavy atom. The van der Waals surface area contributed by atoms with Crippen molar-refractivity contribution in [3.05, 3.63) is 30.6 Å². The number of carbonyl (C=O) groups is 6. The van der Waals surface area contributed by atoms with Gasteiger partial charge in [0.25, 0.3) is 0 Å². The summed E-state index contributed by atoms with van der Waals surface area (Å²) in [7, 11) is -3.27. The molecule has 1 aromatic rings. The van der Waals surface area contributed by atoms with Gasteiger partial charge < -0.3 is 61.1 Å². The van der Waals surface area contributed by atoms with Crippen LogP contribution in [0.5, 0.6) is 0 Å². The summed E-state index contributed by atoms with van der Waals surface area (Å²) in [4.78, 5) is 99.1. The molecule has 0 aliphatic carbocycles. The number of aromatic nitrogens is 2. The molecular formula is C35H57N8O14P. The lowest BCUT2D eigenvalue weighted by atomic mass is 10.0. The number of imidazole rings is 1. The molecule has 23 heteroatoms. The van der Waals surface area contributed by atoms with Gasteiger partial charge in [-0.1, -0.05) is 13.8 Å². The van der Waals surface area contributed by atoms with Gasteiger partial charge in [0, 0.05) is 31.8 Å². The fourth-order valence-electron chi connectivity index (χ4n) is 6.09. The monoisotopic (exact) mass is 844 g/mol. The lowest BCUT2D eigenvalue weighted by Gasteiger charge is -2.28. The summed E-state index contributed by atoms with van der Waals surface area (Å²) in [5.41, 5.74) is 5.86. The third kappa shape index (κ3) is 15.7. The van der Waals surface area contributed by atoms with Crippen LogP contribution in [-0.2, 0) is 63.0 Å². The fraction of sp³-hybridized carbons (Fsp3) is 0.686. The third-order valence-electron chi connectivity index (χ3n) is 9.06. The summed E-state index contributed by atoms with van der Waals surface area (Å²) in [6.45, 7) is 4.33. The molecule has 3 heterocycles. The van der Waals surface area contributed by atoms with E-state index >= 15 is 0 Å². The molecule has 8 atom stereocenters. The van der Waals surface area contributed by atoms with Crippen molar-refractivity contribution < 1.29 is 66.6 Å². The average Bonchev–Trinajstić information content (AvgIpc) is 3.84. The molecule has 0 spiro atoms. The quantitative estimate of drug-likeness (QED) is 0.0858. The smallest absolute Gasteiger partial charge is 0.472 e. The van der Waals surface area contributed by atoms with E-state index in [9.17, 15) is 43.3 Å². The SMILES string of the molecule is COCCOCCC(=O)N1C[C@H]2C[C@H]1C(=O)N[C@@H](CC(C)C)C(=O)N[C@@H](Cc1cnc[nH]1)C(=O)N[C@@H](CO)C(=O)N[C@H](C(N)=O)[C@@H](C)OP(=O)(O)OCCC/C=C\O2. The predicted molar refractivity (Wildman–Crippen MR) is 203 cm³/mol. The van der Waals surface area contributed by atoms with E-state index in [2.05, 4.69) is 31.2 Å². The van der Waals surface area contributed by atoms with E-state index in [0.717, 1.165) is 0 Å². The molecule has 1 saturated heterocycles. The second kappa shape index (κ2) is 23.8. The van der Waals surface area contributed by atoms with Crippen molar-refractivity contribution >= 4 is 43.3 Å². The van der Waals surface area contributed by atoms with E-state index in [1.165, 1.54) is 37.7 Å². The number of aliphatic hydroxyl groups excluding tert-OH is 1. The molecule has 1 fully saturated rings. The summed E-state index contributed by atoms with van der Waals surface area (Å²) >= 11 is 0. The molecule has 2 bridgehead atoms. The fourth-order valence-corrected chi connectivity index (χ4v) is 7.06. The number of allylic oxidation sites excluding steroid dienone is 1. The van der Waals surface area contributed by atoms with Crippen LogP contribution in [0.2, 0.25) is 0 Å². The van der Waals surface area contributed by atoms with Gasteiger partial charge in [-0.25, -0.2) is 9.55 Å². The van der Waals surface area contributed by atoms with Crippen LogP contribution in [0.25, 0.3) is 0 Å². The number of nitrogens with zero attached hydrogens (tertiary/aromatic N) is 2. The molecular weight excluding hydrogens is 787 g/mol. The predicted octanol–water partition coefficient (Wildman–Crippen LogP) is -1.72. The van der Waals surface area contributed by atoms with Crippen LogP contribution in [0, 0.1) is 5.92 Å². The van der Waals surface area contributed by atoms with Gasteiger partial charge >= 0.3 is 7.82 Å². The Morgan fingerprint density at radius 3 is 2.38 bits per heavy atom. The average molecular weight is 845 g/mol. The third-order valence-corrected chi connectivity index (χ3v) is 10.2. The summed E-state index contributed by atoms with van der Waals surface area (Å²) in [5, 5.41) is 20.0. The van der Waals surface area contributed by atoms with Gasteiger partial charge in [0.05, 0.1) is 64.7 Å². The summed E-state index contributed by atoms with van der Waals surface area (Å²) in [6, 6.07) is -7.05. The molecule has 1 aromatic heterocycles. The molecule has 22 nitrogen and oxygen atoms in total. The first-order valence-corrected chi connectivity index (χ1v) is 20.5. The first kappa shape index (κ1) is 47.9. The van der Waals surface area contributed by atoms with Gasteiger partial charge in [-0.2, -0.15) is 0 Å². The van der Waals surface area contributed by atoms with E-state index in [0.29, 0.717) is 18.7 Å². The maximum Gasteiger partial charge on any atom is 0.472 e. The van der Waals surface area contributed by atoms with Gasteiger partial charge in [0.1, 0.15) is 36.3 Å². The molecule has 0 radical (unpaired) electrons. The molecule has 9 N–H and O–H groups in total. The number of nitrogens with one attached hydrogen (secondary N) is 5. The van der Waals surface area contributed by atoms with E-state index < -0.39 is 86.4 Å². The minimum atomic E-state index is -4.79. The van der Waals surface area contributed by atoms with Gasteiger partial charge in [0.15, 0.2) is 0 Å². The minimum absolute atomic E-state index is 0.0381. The maximum absolute atomic E-state index is 14.0. The number of carbonyl (C=O) groups excluding carboxylic acids is 6. The Bertz CT molecular complexity index is 1600. The van der Waals surface area contributed by atoms with Crippen molar-refractivity contribution in [2.24, 2.45) is 11.7 Å². The van der Waals surface area contributed by atoms with Crippen molar-refractivity contribution in [1.82, 2.24) is 36.1 Å². The van der Waals surface area contributed by atoms with Crippen LogP contribution in [0.3, 0.4) is 0 Å². The number of hydrogen-bond donors (Lipinski definition) is 8. The van der Waals surface area contributed by atoms with Crippen molar-refractivity contribution in [3.8, 4) is 0 Å². The number of fused-ring (bicyclic) bond motifs is 2. The van der Waals surface area contributed by atoms with Gasteiger partial charge in [-0.15, -0.1) is 0 Å². The Hall–Kier alpha value is -4.44. The van der Waals surface area contributed by atoms with Crippen molar-refractivity contribution in [1.29, 1.82) is 0 Å². The zero-order chi connectivity index (χ0) is 42.8. The van der Waals surface area contributed by atoms with Gasteiger partial charge in [-0.05, 0) is 38.2 Å². The highest BCUT2D eigenvalue weighted by Crippen LogP contribution is 2.45. The maximum atomic E-state index is 14.0. The topological polar surface area (TPSA) is 312 Å². The molecule has 326 valence electrons. The number of methoxy groups -OCH3 is 1. The number of rotatable bonds is 12. The number of ether oxygens (including phenoxy) is 3. The number of likely N-dealkylation sites (tertiary alicyclic amines) is 1. The molecule has 2 aliphatic heterocycles. The Kier molecular flexibility index (Phi) is 19.7. The molecule has 1 unspecified atom stereocenters. The highest BCUT2D eigenvalue weighted by atomic mass is 31.2. The van der Waals surface area contributed by atoms with Crippen LogP contribution >= 0.6 is 7.82 Å². The van der Waals surface area contributed by atoms with E-state index in [1.807, 2.05) is 13.8 Å². The summed E-state index contributed by atoms with van der Waals surface area (Å²) in [5.74, 6) is -5.13. The van der Waals surface area contributed by atoms with Crippen molar-refractivity contribution in [2.45, 2.75) is 102 Å². The molecule has 3 rings (SSSR count). The second-order valence-electron chi connectivity index (χ2n) is 14.2. The molecule has 2 aliphatic rings. The first-order valence-electron chi connectivity index (χ1n) is 19.0. The van der Waals surface area contributed by atoms with Crippen molar-refractivity contribution in [2.75, 3.05) is 46.7 Å². The van der Waals surface area contributed by atoms with Crippen LogP contribution in [0.1, 0.15) is 58.6 Å². The highest BCUT2D eigenvalue weighted by Gasteiger charge is 2.42. The van der Waals surface area contributed by atoms with Gasteiger partial charge in [-0.3, -0.25) is 37.8 Å². The number of amides is 6. The molecule has 0 aromatic carbocycles. The number of H-pyrrole nitrogens is 1. The van der Waals surface area contributed by atoms with Crippen LogP contribution < -0.4 is 27.0 Å². The Labute approximate surface area is 336 Å². The Morgan fingerprint density at radius 1 is 1.03 bits per heavy atom. The zero-order valence-electron chi connectivity index (χ0n) is 33.1. The number of aliphatic hydroxyl groups is 1. The van der Waals surface area contributed by atoms with E-state index in [-0.39, 0.29) is 70.3 Å². The van der Waals surface area contributed by atoms with Crippen LogP contribution in [0.15, 0.2) is 24.9 Å².